The van der Waals surface area contributed by atoms with Crippen molar-refractivity contribution in [3.8, 4) is 0 Å². The van der Waals surface area contributed by atoms with E-state index in [1.54, 1.807) is 41.5 Å². The Hall–Kier alpha value is -3.33. The summed E-state index contributed by atoms with van der Waals surface area (Å²) in [5.74, 6) is -1.01. The van der Waals surface area contributed by atoms with Crippen LogP contribution < -0.4 is 14.8 Å². The molecule has 26 heavy (non-hydrogen) atoms. The number of aromatic nitrogens is 4. The first kappa shape index (κ1) is 19.0. The van der Waals surface area contributed by atoms with Gasteiger partial charge in [-0.25, -0.2) is 0 Å². The Morgan fingerprint density at radius 1 is 1.31 bits per heavy atom. The van der Waals surface area contributed by atoms with Crippen molar-refractivity contribution in [1.82, 2.24) is 19.7 Å². The molecule has 0 saturated carbocycles. The smallest absolute Gasteiger partial charge is 0.300 e. The van der Waals surface area contributed by atoms with E-state index in [0.29, 0.717) is 14.8 Å². The van der Waals surface area contributed by atoms with Gasteiger partial charge < -0.3 is 10.1 Å². The minimum atomic E-state index is -0.833. The average molecular weight is 372 g/mol. The number of hydrogen-bond acceptors (Lipinski definition) is 6. The number of Topliss-reactive ketones (excluding diaryl/α,β-unsaturated/α-hetero) is 1. The lowest BCUT2D eigenvalue weighted by molar-refractivity contribution is -0.134. The maximum atomic E-state index is 12.1. The Kier molecular flexibility index (Phi) is 6.34. The van der Waals surface area contributed by atoms with Gasteiger partial charge in [-0.1, -0.05) is 0 Å². The molecule has 134 valence electrons. The van der Waals surface area contributed by atoms with Gasteiger partial charge in [0.25, 0.3) is 11.5 Å². The molecule has 0 aliphatic heterocycles. The van der Waals surface area contributed by atoms with Crippen LogP contribution in [0.25, 0.3) is 12.2 Å². The molecular weight excluding hydrogens is 356 g/mol. The van der Waals surface area contributed by atoms with Crippen molar-refractivity contribution in [2.75, 3.05) is 0 Å². The fourth-order valence-electron chi connectivity index (χ4n) is 1.91. The van der Waals surface area contributed by atoms with Gasteiger partial charge in [-0.15, -0.1) is 11.3 Å². The first-order chi connectivity index (χ1) is 12.3. The van der Waals surface area contributed by atoms with Crippen LogP contribution in [0.4, 0.5) is 0 Å². The van der Waals surface area contributed by atoms with Crippen LogP contribution in [0.2, 0.25) is 0 Å². The minimum absolute atomic E-state index is 0.173. The quantitative estimate of drug-likeness (QED) is 0.632. The zero-order valence-corrected chi connectivity index (χ0v) is 14.9. The number of carbonyl (C=O) groups excluding carboxylic acids is 1. The molecule has 0 aliphatic carbocycles. The highest BCUT2D eigenvalue weighted by Crippen LogP contribution is 1.99. The van der Waals surface area contributed by atoms with E-state index in [2.05, 4.69) is 15.1 Å². The normalized spacial score (nSPS) is 11.8. The predicted molar refractivity (Wildman–Crippen MR) is 97.3 cm³/mol. The summed E-state index contributed by atoms with van der Waals surface area (Å²) in [7, 11) is 1.81. The Labute approximate surface area is 151 Å². The fourth-order valence-corrected chi connectivity index (χ4v) is 2.79. The molecule has 9 heteroatoms. The first-order valence-corrected chi connectivity index (χ1v) is 8.22. The number of thiazole rings is 1. The van der Waals surface area contributed by atoms with Crippen molar-refractivity contribution in [2.24, 2.45) is 7.05 Å². The summed E-state index contributed by atoms with van der Waals surface area (Å²) in [6.45, 7) is 1.08. The number of aryl methyl sites for hydroxylation is 1. The second-order valence-corrected chi connectivity index (χ2v) is 6.22. The number of nitrogens with one attached hydrogen (secondary N) is 1. The monoisotopic (exact) mass is 372 g/mol. The lowest BCUT2D eigenvalue weighted by Crippen LogP contribution is -2.19. The molecule has 0 atom stereocenters. The minimum Gasteiger partial charge on any atom is -0.481 e. The number of carboxylic acids is 1. The summed E-state index contributed by atoms with van der Waals surface area (Å²) in [6, 6.07) is 3.26. The van der Waals surface area contributed by atoms with Crippen LogP contribution in [0, 0.1) is 0 Å². The Morgan fingerprint density at radius 2 is 1.96 bits per heavy atom. The van der Waals surface area contributed by atoms with E-state index in [9.17, 15) is 9.59 Å². The number of pyridine rings is 1. The molecule has 0 bridgehead atoms. The van der Waals surface area contributed by atoms with Gasteiger partial charge in [0, 0.05) is 49.8 Å². The number of hydrogen-bond donors (Lipinski definition) is 2. The average Bonchev–Trinajstić information content (AvgIpc) is 3.14. The molecule has 3 aromatic rings. The Bertz CT molecular complexity index is 1080. The number of H-pyrrole nitrogens is 1. The van der Waals surface area contributed by atoms with Crippen LogP contribution in [0.3, 0.4) is 0 Å². The van der Waals surface area contributed by atoms with Crippen molar-refractivity contribution < 1.29 is 14.7 Å². The molecule has 0 saturated heterocycles. The van der Waals surface area contributed by atoms with Gasteiger partial charge >= 0.3 is 0 Å². The number of carbonyl (C=O) groups is 2. The van der Waals surface area contributed by atoms with Gasteiger partial charge in [-0.05, 0) is 18.2 Å². The number of carboxylic acid groups (broad SMARTS) is 1. The lowest BCUT2D eigenvalue weighted by Gasteiger charge is -1.91. The number of aromatic amines is 1. The molecule has 8 nitrogen and oxygen atoms in total. The zero-order chi connectivity index (χ0) is 19.1. The van der Waals surface area contributed by atoms with E-state index >= 15 is 0 Å². The highest BCUT2D eigenvalue weighted by molar-refractivity contribution is 7.07. The van der Waals surface area contributed by atoms with E-state index in [4.69, 9.17) is 9.90 Å². The molecule has 2 N–H and O–H groups in total. The third-order valence-corrected chi connectivity index (χ3v) is 3.89. The fraction of sp³-hybridized carbons (Fsp3) is 0.118. The third kappa shape index (κ3) is 5.64. The maximum absolute atomic E-state index is 12.1. The van der Waals surface area contributed by atoms with Gasteiger partial charge in [0.05, 0.1) is 15.4 Å². The molecule has 0 aromatic carbocycles. The van der Waals surface area contributed by atoms with Gasteiger partial charge in [-0.2, -0.15) is 5.10 Å². The summed E-state index contributed by atoms with van der Waals surface area (Å²) >= 11 is 1.23. The van der Waals surface area contributed by atoms with Gasteiger partial charge in [0.15, 0.2) is 5.78 Å². The summed E-state index contributed by atoms with van der Waals surface area (Å²) in [6.07, 6.45) is 9.75. The van der Waals surface area contributed by atoms with Crippen LogP contribution in [-0.4, -0.2) is 36.6 Å². The second kappa shape index (κ2) is 8.67. The summed E-state index contributed by atoms with van der Waals surface area (Å²) < 4.78 is 2.71. The van der Waals surface area contributed by atoms with Crippen molar-refractivity contribution in [1.29, 1.82) is 0 Å². The second-order valence-electron chi connectivity index (χ2n) is 5.14. The lowest BCUT2D eigenvalue weighted by atomic mass is 10.2. The van der Waals surface area contributed by atoms with Gasteiger partial charge in [0.2, 0.25) is 0 Å². The van der Waals surface area contributed by atoms with Crippen LogP contribution in [0.15, 0.2) is 41.7 Å². The Morgan fingerprint density at radius 3 is 2.54 bits per heavy atom. The molecular formula is C17H16N4O4S. The summed E-state index contributed by atoms with van der Waals surface area (Å²) in [4.78, 5) is 39.6. The largest absolute Gasteiger partial charge is 0.481 e. The number of nitrogens with zero attached hydrogens (tertiary/aromatic N) is 3. The van der Waals surface area contributed by atoms with E-state index < -0.39 is 5.97 Å². The van der Waals surface area contributed by atoms with Crippen LogP contribution in [0.5, 0.6) is 0 Å². The molecule has 0 spiro atoms. The van der Waals surface area contributed by atoms with Crippen molar-refractivity contribution in [3.05, 3.63) is 67.6 Å². The van der Waals surface area contributed by atoms with Crippen molar-refractivity contribution in [2.45, 2.75) is 6.92 Å². The van der Waals surface area contributed by atoms with Crippen LogP contribution in [-0.2, 0) is 11.8 Å². The highest BCUT2D eigenvalue weighted by Gasteiger charge is 2.02. The van der Waals surface area contributed by atoms with E-state index in [0.717, 1.165) is 12.5 Å². The van der Waals surface area contributed by atoms with Gasteiger partial charge in [-0.3, -0.25) is 24.0 Å². The zero-order valence-electron chi connectivity index (χ0n) is 14.0. The molecule has 0 radical (unpaired) electrons. The molecule has 0 unspecified atom stereocenters. The standard InChI is InChI=1S/C15H12N4O2S.C2H4O2/c1-19-9-10(8-17-19)6-13-15(21)18-14(22-13)7-12(20)11-2-4-16-5-3-11;1-2(3)4/h2-9H,1H3,(H,18,21);1H3,(H,3,4)/b13-6-,14-7-;. The number of ketones is 1. The predicted octanol–water partition coefficient (Wildman–Crippen LogP) is 0.148. The molecule has 3 aromatic heterocycles. The number of rotatable bonds is 3. The highest BCUT2D eigenvalue weighted by atomic mass is 32.1. The van der Waals surface area contributed by atoms with Crippen molar-refractivity contribution >= 4 is 35.2 Å². The summed E-state index contributed by atoms with van der Waals surface area (Å²) in [5.41, 5.74) is 1.14. The van der Waals surface area contributed by atoms with Gasteiger partial charge in [0.1, 0.15) is 0 Å². The maximum Gasteiger partial charge on any atom is 0.300 e. The molecule has 0 amide bonds. The summed E-state index contributed by atoms with van der Waals surface area (Å²) in [5, 5.41) is 11.5. The van der Waals surface area contributed by atoms with E-state index in [-0.39, 0.29) is 11.3 Å². The van der Waals surface area contributed by atoms with Crippen molar-refractivity contribution in [3.63, 3.8) is 0 Å². The first-order valence-electron chi connectivity index (χ1n) is 7.40. The Balaban J connectivity index is 0.000000552. The SMILES string of the molecule is CC(=O)O.Cn1cc(/C=c2\s/c(=C\C(=O)c3ccncc3)[nH]c2=O)cn1. The van der Waals surface area contributed by atoms with E-state index in [1.807, 2.05) is 13.2 Å². The van der Waals surface area contributed by atoms with E-state index in [1.165, 1.54) is 17.4 Å². The third-order valence-electron chi connectivity index (χ3n) is 2.93. The number of aliphatic carboxylic acids is 1. The topological polar surface area (TPSA) is 118 Å². The van der Waals surface area contributed by atoms with Crippen LogP contribution in [0.1, 0.15) is 22.8 Å². The molecule has 0 aliphatic rings. The molecule has 3 heterocycles. The van der Waals surface area contributed by atoms with Crippen LogP contribution >= 0.6 is 11.3 Å². The molecule has 0 fully saturated rings. The molecule has 3 rings (SSSR count).